The summed E-state index contributed by atoms with van der Waals surface area (Å²) in [6, 6.07) is 6.41. The molecule has 0 spiro atoms. The predicted octanol–water partition coefficient (Wildman–Crippen LogP) is 1.26. The second-order valence-electron chi connectivity index (χ2n) is 6.70. The number of amides is 3. The van der Waals surface area contributed by atoms with Gasteiger partial charge in [0.2, 0.25) is 15.9 Å². The number of hydrogen-bond donors (Lipinski definition) is 2. The number of nitrogens with one attached hydrogen (secondary N) is 1. The molecule has 28 heavy (non-hydrogen) atoms. The number of hydrogen-bond acceptors (Lipinski definition) is 6. The first-order chi connectivity index (χ1) is 13.3. The van der Waals surface area contributed by atoms with E-state index in [0.717, 1.165) is 29.7 Å². The van der Waals surface area contributed by atoms with Crippen LogP contribution in [0, 0.1) is 0 Å². The molecular weight excluding hydrogens is 402 g/mol. The lowest BCUT2D eigenvalue weighted by molar-refractivity contribution is -0.116. The van der Waals surface area contributed by atoms with Gasteiger partial charge in [-0.1, -0.05) is 18.2 Å². The highest BCUT2D eigenvalue weighted by molar-refractivity contribution is 7.89. The van der Waals surface area contributed by atoms with Gasteiger partial charge < -0.3 is 11.1 Å². The number of carbonyl (C=O) groups excluding carboxylic acids is 3. The predicted molar refractivity (Wildman–Crippen MR) is 104 cm³/mol. The molecule has 4 rings (SSSR count). The molecule has 0 atom stereocenters. The number of benzene rings is 1. The maximum atomic E-state index is 12.6. The van der Waals surface area contributed by atoms with Gasteiger partial charge in [-0.3, -0.25) is 14.4 Å². The highest BCUT2D eigenvalue weighted by Gasteiger charge is 2.37. The molecule has 0 radical (unpaired) electrons. The van der Waals surface area contributed by atoms with Crippen molar-refractivity contribution in [1.29, 1.82) is 0 Å². The Kier molecular flexibility index (Phi) is 4.47. The van der Waals surface area contributed by atoms with Gasteiger partial charge in [0.25, 0.3) is 11.8 Å². The molecule has 1 aliphatic heterocycles. The number of fused-ring (bicyclic) bond motifs is 2. The lowest BCUT2D eigenvalue weighted by Gasteiger charge is -2.27. The molecule has 0 fully saturated rings. The molecule has 10 heteroatoms. The fourth-order valence-electron chi connectivity index (χ4n) is 3.61. The van der Waals surface area contributed by atoms with E-state index < -0.39 is 34.3 Å². The van der Waals surface area contributed by atoms with Gasteiger partial charge in [0, 0.05) is 10.4 Å². The van der Waals surface area contributed by atoms with Crippen LogP contribution in [0.25, 0.3) is 0 Å². The summed E-state index contributed by atoms with van der Waals surface area (Å²) in [6.45, 7) is -0.656. The minimum absolute atomic E-state index is 0.262. The van der Waals surface area contributed by atoms with Crippen LogP contribution in [0.15, 0.2) is 24.3 Å². The van der Waals surface area contributed by atoms with Crippen molar-refractivity contribution < 1.29 is 22.8 Å². The lowest BCUT2D eigenvalue weighted by Crippen LogP contribution is -2.45. The van der Waals surface area contributed by atoms with Crippen LogP contribution >= 0.6 is 11.3 Å². The molecule has 2 heterocycles. The molecule has 1 aromatic carbocycles. The van der Waals surface area contributed by atoms with E-state index in [1.54, 1.807) is 18.2 Å². The second kappa shape index (κ2) is 6.71. The first-order valence-corrected chi connectivity index (χ1v) is 11.1. The van der Waals surface area contributed by atoms with Crippen molar-refractivity contribution in [1.82, 2.24) is 4.31 Å². The summed E-state index contributed by atoms with van der Waals surface area (Å²) in [6.07, 6.45) is 2.46. The van der Waals surface area contributed by atoms with Crippen molar-refractivity contribution in [2.24, 2.45) is 5.73 Å². The summed E-state index contributed by atoms with van der Waals surface area (Å²) in [5, 5.41) is 2.88. The van der Waals surface area contributed by atoms with Crippen LogP contribution in [0.3, 0.4) is 0 Å². The Morgan fingerprint density at radius 3 is 2.71 bits per heavy atom. The zero-order valence-corrected chi connectivity index (χ0v) is 16.4. The van der Waals surface area contributed by atoms with Gasteiger partial charge >= 0.3 is 0 Å². The average molecular weight is 419 g/mol. The fourth-order valence-corrected chi connectivity index (χ4v) is 6.39. The van der Waals surface area contributed by atoms with Crippen molar-refractivity contribution in [2.75, 3.05) is 11.9 Å². The summed E-state index contributed by atoms with van der Waals surface area (Å²) in [7, 11) is -3.96. The van der Waals surface area contributed by atoms with Gasteiger partial charge in [-0.15, -0.1) is 11.3 Å². The molecule has 3 amide bonds. The Balaban J connectivity index is 1.58. The maximum absolute atomic E-state index is 12.6. The third kappa shape index (κ3) is 3.08. The number of thiophene rings is 1. The van der Waals surface area contributed by atoms with Gasteiger partial charge in [-0.05, 0) is 36.5 Å². The third-order valence-electron chi connectivity index (χ3n) is 4.86. The van der Waals surface area contributed by atoms with Crippen LogP contribution in [-0.2, 0) is 33.4 Å². The molecule has 3 N–H and O–H groups in total. The van der Waals surface area contributed by atoms with E-state index >= 15 is 0 Å². The van der Waals surface area contributed by atoms with E-state index in [4.69, 9.17) is 5.73 Å². The molecule has 0 saturated carbocycles. The molecule has 0 bridgehead atoms. The van der Waals surface area contributed by atoms with E-state index in [1.807, 2.05) is 0 Å². The van der Waals surface area contributed by atoms with E-state index in [-0.39, 0.29) is 16.9 Å². The molecule has 1 aromatic heterocycles. The largest absolute Gasteiger partial charge is 0.365 e. The number of nitrogens with zero attached hydrogens (tertiary/aromatic N) is 1. The summed E-state index contributed by atoms with van der Waals surface area (Å²) < 4.78 is 25.5. The van der Waals surface area contributed by atoms with Gasteiger partial charge in [-0.25, -0.2) is 12.7 Å². The minimum Gasteiger partial charge on any atom is -0.365 e. The first kappa shape index (κ1) is 18.6. The van der Waals surface area contributed by atoms with Crippen molar-refractivity contribution in [3.63, 3.8) is 0 Å². The summed E-state index contributed by atoms with van der Waals surface area (Å²) in [4.78, 5) is 37.9. The van der Waals surface area contributed by atoms with E-state index in [0.29, 0.717) is 14.9 Å². The summed E-state index contributed by atoms with van der Waals surface area (Å²) in [5.74, 6) is -2.41. The third-order valence-corrected chi connectivity index (χ3v) is 7.71. The van der Waals surface area contributed by atoms with Crippen LogP contribution in [0.2, 0.25) is 0 Å². The maximum Gasteiger partial charge on any atom is 0.268 e. The van der Waals surface area contributed by atoms with Crippen LogP contribution in [0.4, 0.5) is 5.00 Å². The molecule has 146 valence electrons. The lowest BCUT2D eigenvalue weighted by atomic mass is 10.1. The Morgan fingerprint density at radius 2 is 1.96 bits per heavy atom. The van der Waals surface area contributed by atoms with Crippen molar-refractivity contribution in [3.8, 4) is 0 Å². The molecule has 0 saturated heterocycles. The highest BCUT2D eigenvalue weighted by Crippen LogP contribution is 2.38. The Labute approximate surface area is 165 Å². The van der Waals surface area contributed by atoms with Crippen LogP contribution < -0.4 is 11.1 Å². The van der Waals surface area contributed by atoms with Crippen LogP contribution in [-0.4, -0.2) is 37.0 Å². The van der Waals surface area contributed by atoms with Crippen molar-refractivity contribution in [2.45, 2.75) is 25.0 Å². The van der Waals surface area contributed by atoms with E-state index in [2.05, 4.69) is 5.32 Å². The molecular formula is C18H17N3O5S2. The number of primary amides is 1. The molecule has 2 aliphatic rings. The monoisotopic (exact) mass is 419 g/mol. The Hall–Kier alpha value is -2.72. The van der Waals surface area contributed by atoms with Crippen molar-refractivity contribution in [3.05, 3.63) is 51.4 Å². The number of anilines is 1. The SMILES string of the molecule is NC(=O)c1c(NC(=O)CN2C(=O)c3ccccc3CS2(=O)=O)sc2c1CCC2. The van der Waals surface area contributed by atoms with E-state index in [1.165, 1.54) is 17.4 Å². The fraction of sp³-hybridized carbons (Fsp3) is 0.278. The highest BCUT2D eigenvalue weighted by atomic mass is 32.2. The zero-order chi connectivity index (χ0) is 20.1. The molecule has 8 nitrogen and oxygen atoms in total. The number of carbonyl (C=O) groups is 3. The number of rotatable bonds is 4. The molecule has 2 aromatic rings. The summed E-state index contributed by atoms with van der Waals surface area (Å²) >= 11 is 1.27. The topological polar surface area (TPSA) is 127 Å². The molecule has 1 aliphatic carbocycles. The summed E-state index contributed by atoms with van der Waals surface area (Å²) in [5.41, 5.74) is 7.27. The number of aryl methyl sites for hydroxylation is 1. The molecule has 0 unspecified atom stereocenters. The van der Waals surface area contributed by atoms with Crippen molar-refractivity contribution >= 4 is 44.1 Å². The minimum atomic E-state index is -3.96. The van der Waals surface area contributed by atoms with Crippen LogP contribution in [0.5, 0.6) is 0 Å². The van der Waals surface area contributed by atoms with Gasteiger partial charge in [0.15, 0.2) is 0 Å². The quantitative estimate of drug-likeness (QED) is 0.771. The van der Waals surface area contributed by atoms with Gasteiger partial charge in [-0.2, -0.15) is 0 Å². The second-order valence-corrected chi connectivity index (χ2v) is 9.70. The van der Waals surface area contributed by atoms with E-state index in [9.17, 15) is 22.8 Å². The Bertz CT molecular complexity index is 1120. The number of sulfonamides is 1. The standard InChI is InChI=1S/C18H17N3O5S2/c19-16(23)15-12-6-3-7-13(12)27-17(15)20-14(22)8-21-18(24)11-5-2-1-4-10(11)9-28(21,25)26/h1-2,4-5H,3,6-9H2,(H2,19,23)(H,20,22). The first-order valence-electron chi connectivity index (χ1n) is 8.65. The Morgan fingerprint density at radius 1 is 1.21 bits per heavy atom. The van der Waals surface area contributed by atoms with Gasteiger partial charge in [0.05, 0.1) is 11.3 Å². The smallest absolute Gasteiger partial charge is 0.268 e. The number of nitrogens with two attached hydrogens (primary N) is 1. The average Bonchev–Trinajstić information content (AvgIpc) is 3.18. The van der Waals surface area contributed by atoms with Gasteiger partial charge in [0.1, 0.15) is 11.5 Å². The van der Waals surface area contributed by atoms with Crippen LogP contribution in [0.1, 0.15) is 43.1 Å². The zero-order valence-electron chi connectivity index (χ0n) is 14.7. The normalized spacial score (nSPS) is 17.1.